The lowest BCUT2D eigenvalue weighted by Crippen LogP contribution is -2.53. The van der Waals surface area contributed by atoms with Crippen molar-refractivity contribution in [2.45, 2.75) is 68.9 Å². The Bertz CT molecular complexity index is 747. The second kappa shape index (κ2) is 10.6. The molecule has 32 heavy (non-hydrogen) atoms. The summed E-state index contributed by atoms with van der Waals surface area (Å²) in [5.41, 5.74) is -1.30. The van der Waals surface area contributed by atoms with Crippen molar-refractivity contribution in [1.82, 2.24) is 5.32 Å². The van der Waals surface area contributed by atoms with Gasteiger partial charge in [0.15, 0.2) is 6.61 Å². The fourth-order valence-electron chi connectivity index (χ4n) is 3.62. The average Bonchev–Trinajstić information content (AvgIpc) is 2.69. The van der Waals surface area contributed by atoms with Crippen molar-refractivity contribution in [3.8, 4) is 5.75 Å². The predicted octanol–water partition coefficient (Wildman–Crippen LogP) is 3.22. The number of carbonyl (C=O) groups excluding carboxylic acids is 1. The molecule has 0 aromatic heterocycles. The lowest BCUT2D eigenvalue weighted by molar-refractivity contribution is -0.358. The molecule has 3 rings (SSSR count). The van der Waals surface area contributed by atoms with E-state index in [-0.39, 0.29) is 50.7 Å². The Morgan fingerprint density at radius 1 is 1.22 bits per heavy atom. The molecule has 1 aliphatic carbocycles. The molecule has 0 unspecified atom stereocenters. The van der Waals surface area contributed by atoms with Gasteiger partial charge in [0.1, 0.15) is 11.4 Å². The van der Waals surface area contributed by atoms with E-state index in [9.17, 15) is 23.1 Å². The van der Waals surface area contributed by atoms with Gasteiger partial charge in [0, 0.05) is 17.9 Å². The molecular formula is C21H27ClF3NO6. The molecule has 1 aliphatic heterocycles. The van der Waals surface area contributed by atoms with Crippen LogP contribution >= 0.6 is 11.6 Å². The van der Waals surface area contributed by atoms with Gasteiger partial charge >= 0.3 is 6.36 Å². The molecule has 1 saturated heterocycles. The Morgan fingerprint density at radius 3 is 2.50 bits per heavy atom. The minimum atomic E-state index is -4.65. The van der Waals surface area contributed by atoms with E-state index in [1.54, 1.807) is 31.2 Å². The molecule has 2 aliphatic rings. The van der Waals surface area contributed by atoms with Gasteiger partial charge in [-0.2, -0.15) is 0 Å². The van der Waals surface area contributed by atoms with Crippen LogP contribution in [0, 0.1) is 0 Å². The molecule has 2 fully saturated rings. The average molecular weight is 482 g/mol. The number of alkyl halides is 3. The van der Waals surface area contributed by atoms with Gasteiger partial charge in [0.25, 0.3) is 5.91 Å². The molecular weight excluding hydrogens is 455 g/mol. The van der Waals surface area contributed by atoms with Gasteiger partial charge in [-0.3, -0.25) is 9.53 Å². The van der Waals surface area contributed by atoms with Gasteiger partial charge in [-0.25, -0.2) is 0 Å². The summed E-state index contributed by atoms with van der Waals surface area (Å²) < 4.78 is 57.1. The molecule has 0 spiro atoms. The van der Waals surface area contributed by atoms with Crippen molar-refractivity contribution in [3.63, 3.8) is 0 Å². The highest BCUT2D eigenvalue weighted by Gasteiger charge is 2.42. The van der Waals surface area contributed by atoms with Crippen LogP contribution in [0.2, 0.25) is 5.02 Å². The Labute approximate surface area is 189 Å². The van der Waals surface area contributed by atoms with Crippen LogP contribution in [0.3, 0.4) is 0 Å². The maximum atomic E-state index is 12.2. The minimum Gasteiger partial charge on any atom is -0.484 e. The van der Waals surface area contributed by atoms with Gasteiger partial charge in [-0.1, -0.05) is 11.6 Å². The highest BCUT2D eigenvalue weighted by Crippen LogP contribution is 2.33. The summed E-state index contributed by atoms with van der Waals surface area (Å²) in [6.07, 6.45) is -5.09. The summed E-state index contributed by atoms with van der Waals surface area (Å²) in [6, 6.07) is 6.46. The van der Waals surface area contributed by atoms with Gasteiger partial charge in [0.2, 0.25) is 0 Å². The van der Waals surface area contributed by atoms with Crippen molar-refractivity contribution in [3.05, 3.63) is 29.3 Å². The predicted molar refractivity (Wildman–Crippen MR) is 108 cm³/mol. The van der Waals surface area contributed by atoms with Crippen molar-refractivity contribution in [2.24, 2.45) is 0 Å². The molecule has 7 nitrogen and oxygen atoms in total. The van der Waals surface area contributed by atoms with E-state index in [0.717, 1.165) is 0 Å². The molecule has 11 heteroatoms. The Kier molecular flexibility index (Phi) is 8.26. The summed E-state index contributed by atoms with van der Waals surface area (Å²) in [5, 5.41) is 14.1. The van der Waals surface area contributed by atoms with E-state index in [1.165, 1.54) is 0 Å². The number of ether oxygens (including phenoxy) is 4. The van der Waals surface area contributed by atoms with Crippen molar-refractivity contribution < 1.29 is 42.0 Å². The highest BCUT2D eigenvalue weighted by molar-refractivity contribution is 6.30. The van der Waals surface area contributed by atoms with Crippen LogP contribution in [0.25, 0.3) is 0 Å². The number of rotatable bonds is 9. The summed E-state index contributed by atoms with van der Waals surface area (Å²) in [4.78, 5) is 12.1. The zero-order valence-electron chi connectivity index (χ0n) is 17.6. The Hall–Kier alpha value is -1.59. The lowest BCUT2D eigenvalue weighted by Gasteiger charge is -2.41. The van der Waals surface area contributed by atoms with Crippen LogP contribution in [0.1, 0.15) is 32.6 Å². The number of hydrogen-bond donors (Lipinski definition) is 2. The number of aliphatic hydroxyl groups is 1. The first-order valence-electron chi connectivity index (χ1n) is 10.4. The van der Waals surface area contributed by atoms with Gasteiger partial charge in [0.05, 0.1) is 37.6 Å². The number of nitrogens with one attached hydrogen (secondary N) is 1. The van der Waals surface area contributed by atoms with E-state index in [0.29, 0.717) is 23.6 Å². The van der Waals surface area contributed by atoms with E-state index in [1.807, 2.05) is 0 Å². The molecule has 1 heterocycles. The van der Waals surface area contributed by atoms with Crippen LogP contribution in [0.15, 0.2) is 24.3 Å². The van der Waals surface area contributed by atoms with Crippen LogP contribution in [0.5, 0.6) is 5.75 Å². The van der Waals surface area contributed by atoms with Crippen LogP contribution < -0.4 is 10.1 Å². The van der Waals surface area contributed by atoms with Crippen molar-refractivity contribution >= 4 is 17.5 Å². The summed E-state index contributed by atoms with van der Waals surface area (Å²) >= 11 is 5.80. The molecule has 3 atom stereocenters. The van der Waals surface area contributed by atoms with Gasteiger partial charge in [-0.05, 0) is 44.0 Å². The number of benzene rings is 1. The Balaban J connectivity index is 1.32. The third-order valence-corrected chi connectivity index (χ3v) is 5.73. The minimum absolute atomic E-state index is 0.0625. The fourth-order valence-corrected chi connectivity index (χ4v) is 3.75. The fraction of sp³-hybridized carbons (Fsp3) is 0.667. The topological polar surface area (TPSA) is 86.2 Å². The van der Waals surface area contributed by atoms with Crippen LogP contribution in [-0.2, 0) is 19.0 Å². The number of halogens is 4. The molecule has 1 saturated carbocycles. The number of amides is 1. The monoisotopic (exact) mass is 481 g/mol. The third kappa shape index (κ3) is 7.77. The van der Waals surface area contributed by atoms with E-state index >= 15 is 0 Å². The standard InChI is InChI=1S/C21H27ClF3NO6/c1-20(28,12-31-16-8-17(9-16)32-21(23,24)25)18-7-4-14(10-30-18)26-19(27)11-29-15-5-2-13(22)3-6-15/h2-3,5-6,14,16-18,28H,4,7-12H2,1H3,(H,26,27)/t14-,16?,17?,18+,20+/m0/s1. The first-order valence-corrected chi connectivity index (χ1v) is 10.8. The summed E-state index contributed by atoms with van der Waals surface area (Å²) in [6.45, 7) is 1.58. The van der Waals surface area contributed by atoms with Crippen molar-refractivity contribution in [2.75, 3.05) is 19.8 Å². The first-order chi connectivity index (χ1) is 15.0. The van der Waals surface area contributed by atoms with E-state index in [2.05, 4.69) is 10.1 Å². The maximum absolute atomic E-state index is 12.2. The van der Waals surface area contributed by atoms with Crippen LogP contribution in [-0.4, -0.2) is 67.2 Å². The largest absolute Gasteiger partial charge is 0.522 e. The van der Waals surface area contributed by atoms with Gasteiger partial charge < -0.3 is 24.6 Å². The summed E-state index contributed by atoms with van der Waals surface area (Å²) in [5.74, 6) is 0.242. The zero-order valence-corrected chi connectivity index (χ0v) is 18.3. The second-order valence-electron chi connectivity index (χ2n) is 8.35. The molecule has 2 N–H and O–H groups in total. The van der Waals surface area contributed by atoms with E-state index in [4.69, 9.17) is 25.8 Å². The van der Waals surface area contributed by atoms with Crippen LogP contribution in [0.4, 0.5) is 13.2 Å². The van der Waals surface area contributed by atoms with E-state index < -0.39 is 24.2 Å². The Morgan fingerprint density at radius 2 is 1.91 bits per heavy atom. The molecule has 1 aromatic carbocycles. The molecule has 180 valence electrons. The summed E-state index contributed by atoms with van der Waals surface area (Å²) in [7, 11) is 0. The SMILES string of the molecule is C[C@@](O)(COC1CC(OC(F)(F)F)C1)[C@H]1CC[C@H](NC(=O)COc2ccc(Cl)cc2)CO1. The lowest BCUT2D eigenvalue weighted by atomic mass is 9.90. The highest BCUT2D eigenvalue weighted by atomic mass is 35.5. The van der Waals surface area contributed by atoms with Gasteiger partial charge in [-0.15, -0.1) is 13.2 Å². The molecule has 0 radical (unpaired) electrons. The number of hydrogen-bond acceptors (Lipinski definition) is 6. The smallest absolute Gasteiger partial charge is 0.484 e. The molecule has 1 amide bonds. The number of carbonyl (C=O) groups is 1. The second-order valence-corrected chi connectivity index (χ2v) is 8.79. The maximum Gasteiger partial charge on any atom is 0.522 e. The zero-order chi connectivity index (χ0) is 23.4. The molecule has 0 bridgehead atoms. The first kappa shape index (κ1) is 25.0. The van der Waals surface area contributed by atoms with Crippen molar-refractivity contribution in [1.29, 1.82) is 0 Å². The third-order valence-electron chi connectivity index (χ3n) is 5.48. The quantitative estimate of drug-likeness (QED) is 0.563. The molecule has 1 aromatic rings. The normalized spacial score (nSPS) is 27.8.